The minimum atomic E-state index is -3.04. The molecule has 0 radical (unpaired) electrons. The molecule has 6 heteroatoms. The summed E-state index contributed by atoms with van der Waals surface area (Å²) in [4.78, 5) is 2.56. The normalized spacial score (nSPS) is 18.6. The van der Waals surface area contributed by atoms with Gasteiger partial charge in [-0.25, -0.2) is 12.7 Å². The predicted octanol–water partition coefficient (Wildman–Crippen LogP) is 2.58. The van der Waals surface area contributed by atoms with Crippen LogP contribution in [0, 0.1) is 5.92 Å². The number of hydrogen-bond donors (Lipinski definition) is 1. The molecule has 1 heterocycles. The molecule has 142 valence electrons. The van der Waals surface area contributed by atoms with Crippen LogP contribution < -0.4 is 5.73 Å². The Balaban J connectivity index is 1.92. The Bertz CT molecular complexity index is 640. The number of anilines is 1. The van der Waals surface area contributed by atoms with Crippen molar-refractivity contribution in [2.75, 3.05) is 38.2 Å². The van der Waals surface area contributed by atoms with Gasteiger partial charge in [0, 0.05) is 31.4 Å². The third kappa shape index (κ3) is 6.28. The average Bonchev–Trinajstić information content (AvgIpc) is 2.54. The second kappa shape index (κ2) is 9.01. The van der Waals surface area contributed by atoms with E-state index in [0.29, 0.717) is 25.0 Å². The highest BCUT2D eigenvalue weighted by Gasteiger charge is 2.27. The summed E-state index contributed by atoms with van der Waals surface area (Å²) in [5, 5.41) is 0. The highest BCUT2D eigenvalue weighted by Crippen LogP contribution is 2.22. The first-order valence-corrected chi connectivity index (χ1v) is 11.2. The van der Waals surface area contributed by atoms with E-state index in [1.54, 1.807) is 4.31 Å². The molecular weight excluding hydrogens is 334 g/mol. The van der Waals surface area contributed by atoms with E-state index in [2.05, 4.69) is 30.9 Å². The number of sulfonamides is 1. The first kappa shape index (κ1) is 20.2. The van der Waals surface area contributed by atoms with Crippen molar-refractivity contribution in [1.82, 2.24) is 9.21 Å². The lowest BCUT2D eigenvalue weighted by Crippen LogP contribution is -2.44. The van der Waals surface area contributed by atoms with E-state index in [4.69, 9.17) is 5.73 Å². The molecule has 1 aliphatic heterocycles. The largest absolute Gasteiger partial charge is 0.399 e. The van der Waals surface area contributed by atoms with Crippen molar-refractivity contribution in [3.05, 3.63) is 29.8 Å². The van der Waals surface area contributed by atoms with Crippen LogP contribution in [0.25, 0.3) is 0 Å². The maximum absolute atomic E-state index is 11.7. The van der Waals surface area contributed by atoms with Crippen molar-refractivity contribution in [3.8, 4) is 0 Å². The van der Waals surface area contributed by atoms with E-state index in [1.165, 1.54) is 11.8 Å². The summed E-state index contributed by atoms with van der Waals surface area (Å²) in [6.07, 6.45) is 5.34. The van der Waals surface area contributed by atoms with E-state index in [-0.39, 0.29) is 0 Å². The molecule has 0 saturated carbocycles. The van der Waals surface area contributed by atoms with Crippen LogP contribution in [0.5, 0.6) is 0 Å². The minimum Gasteiger partial charge on any atom is -0.399 e. The molecule has 1 aromatic carbocycles. The fraction of sp³-hybridized carbons (Fsp3) is 0.684. The molecule has 0 amide bonds. The molecule has 1 aliphatic rings. The van der Waals surface area contributed by atoms with Gasteiger partial charge in [-0.3, -0.25) is 0 Å². The summed E-state index contributed by atoms with van der Waals surface area (Å²) in [6, 6.07) is 8.60. The van der Waals surface area contributed by atoms with Crippen LogP contribution in [-0.4, -0.2) is 56.1 Å². The second-order valence-electron chi connectivity index (χ2n) is 7.40. The van der Waals surface area contributed by atoms with Crippen molar-refractivity contribution in [1.29, 1.82) is 0 Å². The van der Waals surface area contributed by atoms with E-state index in [0.717, 1.165) is 44.5 Å². The molecule has 1 unspecified atom stereocenters. The third-order valence-electron chi connectivity index (χ3n) is 5.15. The molecule has 25 heavy (non-hydrogen) atoms. The molecule has 0 aliphatic carbocycles. The van der Waals surface area contributed by atoms with Crippen LogP contribution in [0.15, 0.2) is 24.3 Å². The molecule has 0 spiro atoms. The van der Waals surface area contributed by atoms with Crippen molar-refractivity contribution in [2.45, 2.75) is 45.6 Å². The Hall–Kier alpha value is -1.11. The summed E-state index contributed by atoms with van der Waals surface area (Å²) in [6.45, 7) is 7.95. The van der Waals surface area contributed by atoms with Gasteiger partial charge in [-0.1, -0.05) is 19.1 Å². The fourth-order valence-corrected chi connectivity index (χ4v) is 4.60. The van der Waals surface area contributed by atoms with Crippen LogP contribution >= 0.6 is 0 Å². The number of nitrogens with zero attached hydrogens (tertiary/aromatic N) is 2. The Labute approximate surface area is 153 Å². The van der Waals surface area contributed by atoms with Crippen LogP contribution in [0.1, 0.15) is 38.7 Å². The zero-order valence-electron chi connectivity index (χ0n) is 15.8. The topological polar surface area (TPSA) is 66.6 Å². The Morgan fingerprint density at radius 1 is 1.32 bits per heavy atom. The second-order valence-corrected chi connectivity index (χ2v) is 9.38. The lowest BCUT2D eigenvalue weighted by Gasteiger charge is -2.36. The number of benzene rings is 1. The molecule has 1 aromatic rings. The molecule has 2 rings (SSSR count). The van der Waals surface area contributed by atoms with Crippen molar-refractivity contribution < 1.29 is 8.42 Å². The van der Waals surface area contributed by atoms with E-state index >= 15 is 0 Å². The summed E-state index contributed by atoms with van der Waals surface area (Å²) in [5.74, 6) is 0.577. The van der Waals surface area contributed by atoms with Gasteiger partial charge in [0.05, 0.1) is 6.26 Å². The summed E-state index contributed by atoms with van der Waals surface area (Å²) >= 11 is 0. The highest BCUT2D eigenvalue weighted by molar-refractivity contribution is 7.88. The van der Waals surface area contributed by atoms with Gasteiger partial charge in [-0.15, -0.1) is 0 Å². The van der Waals surface area contributed by atoms with E-state index < -0.39 is 10.0 Å². The lowest BCUT2D eigenvalue weighted by molar-refractivity contribution is 0.146. The Morgan fingerprint density at radius 3 is 2.56 bits per heavy atom. The van der Waals surface area contributed by atoms with Gasteiger partial charge in [0.25, 0.3) is 0 Å². The average molecular weight is 368 g/mol. The zero-order chi connectivity index (χ0) is 18.4. The maximum Gasteiger partial charge on any atom is 0.211 e. The molecule has 1 saturated heterocycles. The van der Waals surface area contributed by atoms with E-state index in [9.17, 15) is 8.42 Å². The molecule has 1 atom stereocenters. The first-order valence-electron chi connectivity index (χ1n) is 9.33. The summed E-state index contributed by atoms with van der Waals surface area (Å²) in [5.41, 5.74) is 8.00. The smallest absolute Gasteiger partial charge is 0.211 e. The van der Waals surface area contributed by atoms with Gasteiger partial charge in [-0.2, -0.15) is 0 Å². The van der Waals surface area contributed by atoms with Crippen LogP contribution in [0.4, 0.5) is 5.69 Å². The van der Waals surface area contributed by atoms with Crippen LogP contribution in [-0.2, 0) is 16.4 Å². The standard InChI is InChI=1S/C19H33N3O2S/c1-4-10-21(16(2)13-18-6-5-7-19(20)14-18)15-17-8-11-22(12-9-17)25(3,23)24/h5-7,14,16-17H,4,8-13,15,20H2,1-3H3. The minimum absolute atomic E-state index is 0.453. The molecule has 2 N–H and O–H groups in total. The van der Waals surface area contributed by atoms with Crippen molar-refractivity contribution in [2.24, 2.45) is 5.92 Å². The van der Waals surface area contributed by atoms with Gasteiger partial charge in [0.1, 0.15) is 0 Å². The quantitative estimate of drug-likeness (QED) is 0.717. The Morgan fingerprint density at radius 2 is 2.00 bits per heavy atom. The first-order chi connectivity index (χ1) is 11.8. The Kier molecular flexibility index (Phi) is 7.28. The van der Waals surface area contributed by atoms with Crippen molar-refractivity contribution >= 4 is 15.7 Å². The van der Waals surface area contributed by atoms with Crippen LogP contribution in [0.2, 0.25) is 0 Å². The molecular formula is C19H33N3O2S. The number of piperidine rings is 1. The third-order valence-corrected chi connectivity index (χ3v) is 6.45. The molecule has 0 aromatic heterocycles. The van der Waals surface area contributed by atoms with E-state index in [1.807, 2.05) is 12.1 Å². The van der Waals surface area contributed by atoms with Crippen molar-refractivity contribution in [3.63, 3.8) is 0 Å². The van der Waals surface area contributed by atoms with Gasteiger partial charge in [0.15, 0.2) is 0 Å². The number of hydrogen-bond acceptors (Lipinski definition) is 4. The number of rotatable bonds is 8. The van der Waals surface area contributed by atoms with Gasteiger partial charge >= 0.3 is 0 Å². The molecule has 0 bridgehead atoms. The fourth-order valence-electron chi connectivity index (χ4n) is 3.72. The SMILES string of the molecule is CCCN(CC1CCN(S(C)(=O)=O)CC1)C(C)Cc1cccc(N)c1. The zero-order valence-corrected chi connectivity index (χ0v) is 16.6. The summed E-state index contributed by atoms with van der Waals surface area (Å²) < 4.78 is 24.9. The van der Waals surface area contributed by atoms with Gasteiger partial charge in [0.2, 0.25) is 10.0 Å². The highest BCUT2D eigenvalue weighted by atomic mass is 32.2. The predicted molar refractivity (Wildman–Crippen MR) is 105 cm³/mol. The van der Waals surface area contributed by atoms with Gasteiger partial charge in [-0.05, 0) is 62.8 Å². The maximum atomic E-state index is 11.7. The van der Waals surface area contributed by atoms with Crippen LogP contribution in [0.3, 0.4) is 0 Å². The molecule has 5 nitrogen and oxygen atoms in total. The molecule has 1 fully saturated rings. The number of nitrogens with two attached hydrogens (primary N) is 1. The summed E-state index contributed by atoms with van der Waals surface area (Å²) in [7, 11) is -3.04. The lowest BCUT2D eigenvalue weighted by atomic mass is 9.96. The monoisotopic (exact) mass is 367 g/mol. The van der Waals surface area contributed by atoms with Gasteiger partial charge < -0.3 is 10.6 Å². The number of nitrogen functional groups attached to an aromatic ring is 1.